The number of hydrogen-bond donors (Lipinski definition) is 3. The van der Waals surface area contributed by atoms with Gasteiger partial charge in [0, 0.05) is 24.3 Å². The summed E-state index contributed by atoms with van der Waals surface area (Å²) in [5, 5.41) is 23.9. The summed E-state index contributed by atoms with van der Waals surface area (Å²) in [4.78, 5) is 12.1. The third-order valence-corrected chi connectivity index (χ3v) is 4.21. The van der Waals surface area contributed by atoms with Crippen LogP contribution in [0.3, 0.4) is 0 Å². The Kier molecular flexibility index (Phi) is 6.23. The van der Waals surface area contributed by atoms with E-state index in [0.717, 1.165) is 37.7 Å². The predicted molar refractivity (Wildman–Crippen MR) is 85.4 cm³/mol. The fourth-order valence-corrected chi connectivity index (χ4v) is 2.93. The molecule has 0 aliphatic heterocycles. The number of aliphatic hydroxyl groups excluding tert-OH is 1. The molecule has 0 bridgehead atoms. The topological polar surface area (TPSA) is 85.2 Å². The van der Waals surface area contributed by atoms with Crippen molar-refractivity contribution in [2.24, 2.45) is 5.92 Å². The smallest absolute Gasteiger partial charge is 0.319 e. The number of benzene rings is 1. The molecule has 5 nitrogen and oxygen atoms in total. The second-order valence-corrected chi connectivity index (χ2v) is 5.82. The molecular weight excluding hydrogens is 278 g/mol. The number of rotatable bonds is 4. The summed E-state index contributed by atoms with van der Waals surface area (Å²) in [6, 6.07) is 9.15. The molecule has 0 aromatic heterocycles. The lowest BCUT2D eigenvalue weighted by Crippen LogP contribution is -2.43. The Labute approximate surface area is 131 Å². The Hall–Kier alpha value is -2.06. The summed E-state index contributed by atoms with van der Waals surface area (Å²) in [5.41, 5.74) is 1.63. The molecule has 1 aromatic carbocycles. The maximum atomic E-state index is 12.1. The zero-order chi connectivity index (χ0) is 15.8. The van der Waals surface area contributed by atoms with Crippen molar-refractivity contribution in [1.82, 2.24) is 5.32 Å². The molecule has 0 radical (unpaired) electrons. The molecule has 1 aromatic rings. The maximum absolute atomic E-state index is 12.1. The summed E-state index contributed by atoms with van der Waals surface area (Å²) in [7, 11) is 0. The van der Waals surface area contributed by atoms with E-state index >= 15 is 0 Å². The zero-order valence-corrected chi connectivity index (χ0v) is 12.7. The largest absolute Gasteiger partial charge is 0.396 e. The van der Waals surface area contributed by atoms with Gasteiger partial charge in [-0.15, -0.1) is 0 Å². The van der Waals surface area contributed by atoms with Crippen molar-refractivity contribution >= 4 is 11.7 Å². The number of hydrogen-bond acceptors (Lipinski definition) is 3. The predicted octanol–water partition coefficient (Wildman–Crippen LogP) is 2.82. The van der Waals surface area contributed by atoms with Crippen molar-refractivity contribution in [3.8, 4) is 6.07 Å². The van der Waals surface area contributed by atoms with Crippen LogP contribution in [-0.2, 0) is 6.42 Å². The first kappa shape index (κ1) is 16.3. The van der Waals surface area contributed by atoms with E-state index in [9.17, 15) is 9.90 Å². The molecule has 1 aliphatic carbocycles. The van der Waals surface area contributed by atoms with Crippen molar-refractivity contribution in [1.29, 1.82) is 5.26 Å². The highest BCUT2D eigenvalue weighted by Crippen LogP contribution is 2.23. The number of carbonyl (C=O) groups excluding carboxylic acids is 1. The molecule has 0 saturated heterocycles. The highest BCUT2D eigenvalue weighted by molar-refractivity contribution is 5.89. The molecule has 118 valence electrons. The number of amides is 2. The van der Waals surface area contributed by atoms with Crippen LogP contribution in [0.15, 0.2) is 24.3 Å². The molecule has 2 atom stereocenters. The molecule has 22 heavy (non-hydrogen) atoms. The number of nitriles is 1. The Bertz CT molecular complexity index is 522. The summed E-state index contributed by atoms with van der Waals surface area (Å²) >= 11 is 0. The van der Waals surface area contributed by atoms with Crippen molar-refractivity contribution in [2.75, 3.05) is 11.9 Å². The van der Waals surface area contributed by atoms with Crippen LogP contribution in [0.1, 0.15) is 37.7 Å². The maximum Gasteiger partial charge on any atom is 0.319 e. The molecule has 1 aliphatic rings. The van der Waals surface area contributed by atoms with Gasteiger partial charge in [0.25, 0.3) is 0 Å². The summed E-state index contributed by atoms with van der Waals surface area (Å²) in [5.74, 6) is 0.145. The van der Waals surface area contributed by atoms with Gasteiger partial charge in [-0.2, -0.15) is 5.26 Å². The van der Waals surface area contributed by atoms with E-state index in [4.69, 9.17) is 5.26 Å². The van der Waals surface area contributed by atoms with Crippen LogP contribution in [-0.4, -0.2) is 23.8 Å². The van der Waals surface area contributed by atoms with Gasteiger partial charge in [-0.3, -0.25) is 0 Å². The molecule has 0 heterocycles. The molecule has 0 spiro atoms. The van der Waals surface area contributed by atoms with E-state index in [0.29, 0.717) is 12.1 Å². The quantitative estimate of drug-likeness (QED) is 0.748. The third kappa shape index (κ3) is 4.74. The van der Waals surface area contributed by atoms with E-state index in [1.165, 1.54) is 0 Å². The number of aliphatic hydroxyl groups is 1. The lowest BCUT2D eigenvalue weighted by atomic mass is 9.96. The van der Waals surface area contributed by atoms with Crippen molar-refractivity contribution < 1.29 is 9.90 Å². The highest BCUT2D eigenvalue weighted by Gasteiger charge is 2.24. The van der Waals surface area contributed by atoms with E-state index in [-0.39, 0.29) is 24.6 Å². The fraction of sp³-hybridized carbons (Fsp3) is 0.529. The first-order valence-corrected chi connectivity index (χ1v) is 7.87. The van der Waals surface area contributed by atoms with Crippen LogP contribution >= 0.6 is 0 Å². The van der Waals surface area contributed by atoms with E-state index in [1.54, 1.807) is 12.1 Å². The van der Waals surface area contributed by atoms with Gasteiger partial charge in [-0.05, 0) is 30.5 Å². The van der Waals surface area contributed by atoms with Gasteiger partial charge in [0.2, 0.25) is 0 Å². The Morgan fingerprint density at radius 3 is 2.64 bits per heavy atom. The molecule has 2 amide bonds. The van der Waals surface area contributed by atoms with Crippen LogP contribution in [0, 0.1) is 17.2 Å². The minimum atomic E-state index is -0.238. The summed E-state index contributed by atoms with van der Waals surface area (Å²) < 4.78 is 0. The van der Waals surface area contributed by atoms with E-state index in [1.807, 2.05) is 12.1 Å². The standard InChI is InChI=1S/C17H23N3O2/c18-11-10-13-6-8-15(9-7-13)19-17(22)20-16-5-3-1-2-4-14(16)12-21/h6-9,14,16,21H,1-5,10,12H2,(H2,19,20,22). The molecule has 1 fully saturated rings. The van der Waals surface area contributed by atoms with Gasteiger partial charge < -0.3 is 15.7 Å². The van der Waals surface area contributed by atoms with Gasteiger partial charge >= 0.3 is 6.03 Å². The third-order valence-electron chi connectivity index (χ3n) is 4.21. The lowest BCUT2D eigenvalue weighted by molar-refractivity contribution is 0.182. The van der Waals surface area contributed by atoms with Crippen molar-refractivity contribution in [3.05, 3.63) is 29.8 Å². The highest BCUT2D eigenvalue weighted by atomic mass is 16.3. The van der Waals surface area contributed by atoms with Gasteiger partial charge in [0.05, 0.1) is 12.5 Å². The molecule has 2 rings (SSSR count). The lowest BCUT2D eigenvalue weighted by Gasteiger charge is -2.24. The van der Waals surface area contributed by atoms with Crippen LogP contribution in [0.2, 0.25) is 0 Å². The second-order valence-electron chi connectivity index (χ2n) is 5.82. The van der Waals surface area contributed by atoms with Crippen LogP contribution in [0.5, 0.6) is 0 Å². The Balaban J connectivity index is 1.89. The Morgan fingerprint density at radius 1 is 1.23 bits per heavy atom. The zero-order valence-electron chi connectivity index (χ0n) is 12.7. The monoisotopic (exact) mass is 301 g/mol. The molecule has 3 N–H and O–H groups in total. The SMILES string of the molecule is N#CCc1ccc(NC(=O)NC2CCCCCC2CO)cc1. The molecule has 2 unspecified atom stereocenters. The van der Waals surface area contributed by atoms with Gasteiger partial charge in [-0.1, -0.05) is 31.4 Å². The first-order valence-electron chi connectivity index (χ1n) is 7.87. The van der Waals surface area contributed by atoms with Gasteiger partial charge in [0.15, 0.2) is 0 Å². The van der Waals surface area contributed by atoms with E-state index < -0.39 is 0 Å². The number of nitrogens with one attached hydrogen (secondary N) is 2. The fourth-order valence-electron chi connectivity index (χ4n) is 2.93. The van der Waals surface area contributed by atoms with Gasteiger partial charge in [0.1, 0.15) is 0 Å². The summed E-state index contributed by atoms with van der Waals surface area (Å²) in [6.45, 7) is 0.119. The number of nitrogens with zero attached hydrogens (tertiary/aromatic N) is 1. The van der Waals surface area contributed by atoms with E-state index in [2.05, 4.69) is 16.7 Å². The van der Waals surface area contributed by atoms with Crippen molar-refractivity contribution in [2.45, 2.75) is 44.6 Å². The molecule has 1 saturated carbocycles. The summed E-state index contributed by atoms with van der Waals surface area (Å²) in [6.07, 6.45) is 5.61. The van der Waals surface area contributed by atoms with Crippen LogP contribution < -0.4 is 10.6 Å². The molecule has 5 heteroatoms. The minimum absolute atomic E-state index is 0.0327. The Morgan fingerprint density at radius 2 is 1.95 bits per heavy atom. The van der Waals surface area contributed by atoms with Crippen LogP contribution in [0.25, 0.3) is 0 Å². The molecular formula is C17H23N3O2. The first-order chi connectivity index (χ1) is 10.7. The average Bonchev–Trinajstić information content (AvgIpc) is 2.74. The second kappa shape index (κ2) is 8.40. The minimum Gasteiger partial charge on any atom is -0.396 e. The van der Waals surface area contributed by atoms with Gasteiger partial charge in [-0.25, -0.2) is 4.79 Å². The normalized spacial score (nSPS) is 21.5. The number of urea groups is 1. The van der Waals surface area contributed by atoms with Crippen LogP contribution in [0.4, 0.5) is 10.5 Å². The number of anilines is 1. The average molecular weight is 301 g/mol. The number of carbonyl (C=O) groups is 1. The van der Waals surface area contributed by atoms with Crippen molar-refractivity contribution in [3.63, 3.8) is 0 Å².